The molecule has 0 saturated carbocycles. The number of esters is 1. The molecule has 0 aliphatic carbocycles. The van der Waals surface area contributed by atoms with E-state index >= 15 is 0 Å². The van der Waals surface area contributed by atoms with Crippen LogP contribution in [-0.2, 0) is 14.3 Å². The fourth-order valence-electron chi connectivity index (χ4n) is 2.58. The van der Waals surface area contributed by atoms with Gasteiger partial charge in [0, 0.05) is 12.7 Å². The first-order valence-electron chi connectivity index (χ1n) is 9.95. The van der Waals surface area contributed by atoms with Gasteiger partial charge in [-0.15, -0.1) is 0 Å². The van der Waals surface area contributed by atoms with Crippen LogP contribution < -0.4 is 4.74 Å². The molecule has 5 nitrogen and oxygen atoms in total. The zero-order valence-electron chi connectivity index (χ0n) is 16.3. The molecule has 5 heteroatoms. The highest BCUT2D eigenvalue weighted by Gasteiger charge is 2.06. The van der Waals surface area contributed by atoms with Gasteiger partial charge < -0.3 is 19.3 Å². The molecule has 0 aliphatic rings. The van der Waals surface area contributed by atoms with E-state index in [-0.39, 0.29) is 13.2 Å². The van der Waals surface area contributed by atoms with Crippen LogP contribution in [0.1, 0.15) is 51.4 Å². The molecule has 27 heavy (non-hydrogen) atoms. The van der Waals surface area contributed by atoms with Gasteiger partial charge in [0.2, 0.25) is 0 Å². The number of benzene rings is 1. The Bertz CT molecular complexity index is 489. The normalized spacial score (nSPS) is 11.7. The van der Waals surface area contributed by atoms with Crippen molar-refractivity contribution in [3.05, 3.63) is 43.0 Å². The standard InChI is InChI=1S/C22H34O5/c1-2-22(24)27-19-20(23)18-25-16-12-7-5-3-4-6-8-13-17-26-21-14-10-9-11-15-21/h2,9-11,14-15,20,23H,1,3-8,12-13,16-19H2. The van der Waals surface area contributed by atoms with Gasteiger partial charge in [-0.2, -0.15) is 0 Å². The second kappa shape index (κ2) is 16.3. The molecule has 152 valence electrons. The van der Waals surface area contributed by atoms with E-state index in [2.05, 4.69) is 6.58 Å². The van der Waals surface area contributed by atoms with Crippen molar-refractivity contribution < 1.29 is 24.1 Å². The van der Waals surface area contributed by atoms with Gasteiger partial charge in [-0.1, -0.05) is 63.3 Å². The van der Waals surface area contributed by atoms with Crippen LogP contribution in [0.2, 0.25) is 0 Å². The summed E-state index contributed by atoms with van der Waals surface area (Å²) in [6.07, 6.45) is 9.72. The number of unbranched alkanes of at least 4 members (excludes halogenated alkanes) is 7. The molecule has 1 rings (SSSR count). The van der Waals surface area contributed by atoms with Crippen LogP contribution in [0.3, 0.4) is 0 Å². The number of rotatable bonds is 17. The van der Waals surface area contributed by atoms with Crippen LogP contribution in [-0.4, -0.2) is 43.6 Å². The van der Waals surface area contributed by atoms with E-state index in [0.29, 0.717) is 6.61 Å². The zero-order valence-corrected chi connectivity index (χ0v) is 16.3. The number of hydrogen-bond donors (Lipinski definition) is 1. The molecule has 0 aromatic heterocycles. The number of ether oxygens (including phenoxy) is 3. The Morgan fingerprint density at radius 2 is 1.52 bits per heavy atom. The van der Waals surface area contributed by atoms with Crippen LogP contribution in [0.25, 0.3) is 0 Å². The monoisotopic (exact) mass is 378 g/mol. The summed E-state index contributed by atoms with van der Waals surface area (Å²) in [5, 5.41) is 9.57. The Balaban J connectivity index is 1.77. The van der Waals surface area contributed by atoms with E-state index in [0.717, 1.165) is 37.7 Å². The van der Waals surface area contributed by atoms with E-state index in [1.165, 1.54) is 32.1 Å². The predicted octanol–water partition coefficient (Wildman–Crippen LogP) is 4.29. The van der Waals surface area contributed by atoms with E-state index in [4.69, 9.17) is 14.2 Å². The minimum absolute atomic E-state index is 0.0543. The lowest BCUT2D eigenvalue weighted by Crippen LogP contribution is -2.23. The molecule has 1 aromatic carbocycles. The lowest BCUT2D eigenvalue weighted by molar-refractivity contribution is -0.141. The van der Waals surface area contributed by atoms with Gasteiger partial charge in [-0.05, 0) is 25.0 Å². The van der Waals surface area contributed by atoms with Crippen molar-refractivity contribution in [1.82, 2.24) is 0 Å². The van der Waals surface area contributed by atoms with Crippen LogP contribution in [0.15, 0.2) is 43.0 Å². The molecule has 0 bridgehead atoms. The summed E-state index contributed by atoms with van der Waals surface area (Å²) in [7, 11) is 0. The molecule has 0 saturated heterocycles. The highest BCUT2D eigenvalue weighted by atomic mass is 16.5. The zero-order chi connectivity index (χ0) is 19.6. The molecule has 0 aliphatic heterocycles. The average molecular weight is 379 g/mol. The number of aliphatic hydroxyl groups is 1. The third kappa shape index (κ3) is 13.9. The van der Waals surface area contributed by atoms with Crippen molar-refractivity contribution >= 4 is 5.97 Å². The summed E-state index contributed by atoms with van der Waals surface area (Å²) >= 11 is 0. The highest BCUT2D eigenvalue weighted by Crippen LogP contribution is 2.11. The van der Waals surface area contributed by atoms with Crippen LogP contribution in [0.5, 0.6) is 5.75 Å². The van der Waals surface area contributed by atoms with Gasteiger partial charge in [0.05, 0.1) is 13.2 Å². The second-order valence-corrected chi connectivity index (χ2v) is 6.55. The maximum Gasteiger partial charge on any atom is 0.330 e. The van der Waals surface area contributed by atoms with Gasteiger partial charge in [0.15, 0.2) is 0 Å². The lowest BCUT2D eigenvalue weighted by Gasteiger charge is -2.11. The van der Waals surface area contributed by atoms with Crippen LogP contribution in [0, 0.1) is 0 Å². The number of para-hydroxylation sites is 1. The van der Waals surface area contributed by atoms with Crippen molar-refractivity contribution in [3.63, 3.8) is 0 Å². The van der Waals surface area contributed by atoms with E-state index < -0.39 is 12.1 Å². The Morgan fingerprint density at radius 1 is 0.926 bits per heavy atom. The third-order valence-electron chi connectivity index (χ3n) is 4.09. The maximum absolute atomic E-state index is 10.9. The smallest absolute Gasteiger partial charge is 0.330 e. The van der Waals surface area contributed by atoms with Gasteiger partial charge in [0.25, 0.3) is 0 Å². The van der Waals surface area contributed by atoms with Gasteiger partial charge in [-0.3, -0.25) is 0 Å². The number of carbonyl (C=O) groups excluding carboxylic acids is 1. The summed E-state index contributed by atoms with van der Waals surface area (Å²) in [4.78, 5) is 10.9. The third-order valence-corrected chi connectivity index (χ3v) is 4.09. The Hall–Kier alpha value is -1.85. The predicted molar refractivity (Wildman–Crippen MR) is 107 cm³/mol. The minimum atomic E-state index is -0.778. The Labute approximate surface area is 163 Å². The molecule has 0 radical (unpaired) electrons. The number of hydrogen-bond acceptors (Lipinski definition) is 5. The molecule has 1 N–H and O–H groups in total. The first-order chi connectivity index (χ1) is 13.2. The Morgan fingerprint density at radius 3 is 2.15 bits per heavy atom. The molecule has 1 atom stereocenters. The van der Waals surface area contributed by atoms with E-state index in [1.54, 1.807) is 0 Å². The van der Waals surface area contributed by atoms with Crippen molar-refractivity contribution in [3.8, 4) is 5.75 Å². The molecular weight excluding hydrogens is 344 g/mol. The highest BCUT2D eigenvalue weighted by molar-refractivity contribution is 5.81. The summed E-state index contributed by atoms with van der Waals surface area (Å²) in [6, 6.07) is 9.95. The minimum Gasteiger partial charge on any atom is -0.494 e. The van der Waals surface area contributed by atoms with Crippen LogP contribution in [0.4, 0.5) is 0 Å². The fourth-order valence-corrected chi connectivity index (χ4v) is 2.58. The summed E-state index contributed by atoms with van der Waals surface area (Å²) in [5.74, 6) is 0.419. The van der Waals surface area contributed by atoms with Gasteiger partial charge >= 0.3 is 5.97 Å². The molecule has 0 amide bonds. The SMILES string of the molecule is C=CC(=O)OCC(O)COCCCCCCCCCCOc1ccccc1. The molecule has 1 aromatic rings. The molecular formula is C22H34O5. The second-order valence-electron chi connectivity index (χ2n) is 6.55. The maximum atomic E-state index is 10.9. The fraction of sp³-hybridized carbons (Fsp3) is 0.591. The molecule has 0 heterocycles. The Kier molecular flexibility index (Phi) is 14.0. The summed E-state index contributed by atoms with van der Waals surface area (Å²) in [6.45, 7) is 4.85. The molecule has 1 unspecified atom stereocenters. The largest absolute Gasteiger partial charge is 0.494 e. The lowest BCUT2D eigenvalue weighted by atomic mass is 10.1. The van der Waals surface area contributed by atoms with Crippen molar-refractivity contribution in [1.29, 1.82) is 0 Å². The van der Waals surface area contributed by atoms with Gasteiger partial charge in [0.1, 0.15) is 18.5 Å². The quantitative estimate of drug-likeness (QED) is 0.249. The summed E-state index contributed by atoms with van der Waals surface area (Å²) < 4.78 is 15.8. The average Bonchev–Trinajstić information content (AvgIpc) is 2.70. The number of aliphatic hydroxyl groups excluding tert-OH is 1. The van der Waals surface area contributed by atoms with E-state index in [9.17, 15) is 9.90 Å². The van der Waals surface area contributed by atoms with Crippen molar-refractivity contribution in [2.75, 3.05) is 26.4 Å². The number of carbonyl (C=O) groups is 1. The van der Waals surface area contributed by atoms with Crippen molar-refractivity contribution in [2.45, 2.75) is 57.5 Å². The molecule has 0 spiro atoms. The van der Waals surface area contributed by atoms with E-state index in [1.807, 2.05) is 30.3 Å². The van der Waals surface area contributed by atoms with Crippen molar-refractivity contribution in [2.24, 2.45) is 0 Å². The first-order valence-corrected chi connectivity index (χ1v) is 9.95. The first kappa shape index (κ1) is 23.2. The summed E-state index contributed by atoms with van der Waals surface area (Å²) in [5.41, 5.74) is 0. The van der Waals surface area contributed by atoms with Gasteiger partial charge in [-0.25, -0.2) is 4.79 Å². The topological polar surface area (TPSA) is 65.0 Å². The molecule has 0 fully saturated rings. The van der Waals surface area contributed by atoms with Crippen LogP contribution >= 0.6 is 0 Å².